The Morgan fingerprint density at radius 1 is 1.13 bits per heavy atom. The Morgan fingerprint density at radius 2 is 1.52 bits per heavy atom. The summed E-state index contributed by atoms with van der Waals surface area (Å²) in [4.78, 5) is 20.4. The predicted molar refractivity (Wildman–Crippen MR) is 60.3 cm³/mol. The van der Waals surface area contributed by atoms with Crippen LogP contribution in [0.1, 0.15) is 19.8 Å². The number of carboxylic acid groups (broad SMARTS) is 1. The van der Waals surface area contributed by atoms with Crippen LogP contribution in [0.25, 0.3) is 0 Å². The lowest BCUT2D eigenvalue weighted by atomic mass is 10.2. The fourth-order valence-electron chi connectivity index (χ4n) is 0.960. The molecule has 0 saturated heterocycles. The van der Waals surface area contributed by atoms with Gasteiger partial charge in [0.15, 0.2) is 6.04 Å². The SMILES string of the molecule is CCOC(=O)C([NH3+])CC(F)(F)F.NC(CC(F)(F)F)C(=O)O.[Cl-]. The van der Waals surface area contributed by atoms with E-state index in [9.17, 15) is 35.9 Å². The number of alkyl halides is 6. The fraction of sp³-hybridized carbons (Fsp3) is 0.800. The van der Waals surface area contributed by atoms with Crippen molar-refractivity contribution in [3.8, 4) is 0 Å². The minimum absolute atomic E-state index is 0. The van der Waals surface area contributed by atoms with Crippen molar-refractivity contribution >= 4 is 11.9 Å². The van der Waals surface area contributed by atoms with Crippen molar-refractivity contribution in [2.45, 2.75) is 44.2 Å². The number of hydrogen-bond donors (Lipinski definition) is 3. The molecule has 0 fully saturated rings. The average molecular weight is 379 g/mol. The van der Waals surface area contributed by atoms with Gasteiger partial charge in [0.1, 0.15) is 12.5 Å². The standard InChI is InChI=1S/C6H10F3NO2.C4H6F3NO2.ClH/c1-2-12-5(11)4(10)3-6(7,8)9;5-4(6,7)1-2(8)3(9)10;/h4H,2-3,10H2,1H3;2H,1,8H2,(H,9,10);1H. The highest BCUT2D eigenvalue weighted by atomic mass is 35.5. The Labute approximate surface area is 133 Å². The molecule has 0 saturated carbocycles. The molecule has 0 aromatic rings. The highest BCUT2D eigenvalue weighted by molar-refractivity contribution is 5.74. The summed E-state index contributed by atoms with van der Waals surface area (Å²) < 4.78 is 73.3. The molecule has 2 unspecified atom stereocenters. The Morgan fingerprint density at radius 3 is 1.74 bits per heavy atom. The average Bonchev–Trinajstić information content (AvgIpc) is 2.25. The number of esters is 1. The van der Waals surface area contributed by atoms with Gasteiger partial charge in [0.2, 0.25) is 0 Å². The summed E-state index contributed by atoms with van der Waals surface area (Å²) in [6.07, 6.45) is -11.6. The van der Waals surface area contributed by atoms with Gasteiger partial charge < -0.3 is 33.7 Å². The molecule has 0 aromatic heterocycles. The number of rotatable bonds is 5. The van der Waals surface area contributed by atoms with Crippen LogP contribution in [0.2, 0.25) is 0 Å². The van der Waals surface area contributed by atoms with Crippen molar-refractivity contribution in [3.63, 3.8) is 0 Å². The van der Waals surface area contributed by atoms with Crippen LogP contribution in [0.15, 0.2) is 0 Å². The number of halogens is 7. The van der Waals surface area contributed by atoms with Gasteiger partial charge in [-0.3, -0.25) is 4.79 Å². The molecule has 0 spiro atoms. The van der Waals surface area contributed by atoms with E-state index in [2.05, 4.69) is 16.2 Å². The quantitative estimate of drug-likeness (QED) is 0.360. The Balaban J connectivity index is -0.000000338. The molecule has 6 N–H and O–H groups in total. The number of quaternary nitrogens is 1. The largest absolute Gasteiger partial charge is 1.00 e. The summed E-state index contributed by atoms with van der Waals surface area (Å²) in [7, 11) is 0. The number of ether oxygens (including phenoxy) is 1. The van der Waals surface area contributed by atoms with Gasteiger partial charge in [-0.25, -0.2) is 4.79 Å². The van der Waals surface area contributed by atoms with Crippen molar-refractivity contribution in [1.29, 1.82) is 0 Å². The summed E-state index contributed by atoms with van der Waals surface area (Å²) >= 11 is 0. The smallest absolute Gasteiger partial charge is 0.395 e. The number of carboxylic acids is 1. The first-order valence-electron chi connectivity index (χ1n) is 5.81. The van der Waals surface area contributed by atoms with Crippen LogP contribution in [0.3, 0.4) is 0 Å². The summed E-state index contributed by atoms with van der Waals surface area (Å²) in [5.74, 6) is -2.55. The van der Waals surface area contributed by atoms with Gasteiger partial charge in [0.05, 0.1) is 13.0 Å². The fourth-order valence-corrected chi connectivity index (χ4v) is 0.960. The second-order valence-electron chi connectivity index (χ2n) is 4.03. The van der Waals surface area contributed by atoms with E-state index in [0.717, 1.165) is 0 Å². The highest BCUT2D eigenvalue weighted by Crippen LogP contribution is 2.21. The predicted octanol–water partition coefficient (Wildman–Crippen LogP) is -2.53. The Bertz CT molecular complexity index is 364. The van der Waals surface area contributed by atoms with Crippen LogP contribution in [0, 0.1) is 0 Å². The number of aliphatic carboxylic acids is 1. The molecule has 6 nitrogen and oxygen atoms in total. The van der Waals surface area contributed by atoms with Gasteiger partial charge in [-0.15, -0.1) is 0 Å². The summed E-state index contributed by atoms with van der Waals surface area (Å²) in [6.45, 7) is 1.60. The first-order chi connectivity index (χ1) is 9.69. The molecule has 0 aliphatic carbocycles. The summed E-state index contributed by atoms with van der Waals surface area (Å²) in [5, 5.41) is 7.92. The van der Waals surface area contributed by atoms with E-state index in [-0.39, 0.29) is 19.0 Å². The van der Waals surface area contributed by atoms with Crippen LogP contribution in [-0.4, -0.2) is 48.1 Å². The Hall–Kier alpha value is -1.27. The first kappa shape index (κ1) is 26.6. The lowest BCUT2D eigenvalue weighted by Gasteiger charge is -2.09. The van der Waals surface area contributed by atoms with E-state index in [1.807, 2.05) is 0 Å². The van der Waals surface area contributed by atoms with Gasteiger partial charge in [0.25, 0.3) is 0 Å². The minimum atomic E-state index is -4.50. The molecular formula is C10H17ClF6N2O4. The Kier molecular flexibility index (Phi) is 13.1. The van der Waals surface area contributed by atoms with Gasteiger partial charge in [-0.2, -0.15) is 26.3 Å². The second-order valence-corrected chi connectivity index (χ2v) is 4.03. The molecule has 2 atom stereocenters. The number of nitrogens with two attached hydrogens (primary N) is 1. The van der Waals surface area contributed by atoms with Crippen molar-refractivity contribution in [2.75, 3.05) is 6.61 Å². The van der Waals surface area contributed by atoms with Crippen LogP contribution in [-0.2, 0) is 14.3 Å². The van der Waals surface area contributed by atoms with Crippen LogP contribution in [0.4, 0.5) is 26.3 Å². The van der Waals surface area contributed by atoms with Crippen LogP contribution >= 0.6 is 0 Å². The monoisotopic (exact) mass is 378 g/mol. The molecule has 13 heteroatoms. The normalized spacial score (nSPS) is 13.8. The maximum Gasteiger partial charge on any atom is 0.395 e. The van der Waals surface area contributed by atoms with Crippen LogP contribution < -0.4 is 23.9 Å². The molecule has 0 rings (SSSR count). The van der Waals surface area contributed by atoms with Crippen molar-refractivity contribution in [1.82, 2.24) is 0 Å². The van der Waals surface area contributed by atoms with E-state index in [1.54, 1.807) is 0 Å². The number of hydrogen-bond acceptors (Lipinski definition) is 4. The van der Waals surface area contributed by atoms with E-state index in [0.29, 0.717) is 0 Å². The maximum atomic E-state index is 11.7. The van der Waals surface area contributed by atoms with Gasteiger partial charge in [-0.05, 0) is 6.92 Å². The van der Waals surface area contributed by atoms with Gasteiger partial charge >= 0.3 is 24.3 Å². The lowest BCUT2D eigenvalue weighted by molar-refractivity contribution is -0.421. The number of carbonyl (C=O) groups excluding carboxylic acids is 1. The molecule has 23 heavy (non-hydrogen) atoms. The highest BCUT2D eigenvalue weighted by Gasteiger charge is 2.36. The summed E-state index contributed by atoms with van der Waals surface area (Å²) in [5.41, 5.74) is 7.63. The lowest BCUT2D eigenvalue weighted by Crippen LogP contribution is -3.00. The zero-order valence-electron chi connectivity index (χ0n) is 11.9. The van der Waals surface area contributed by atoms with E-state index in [1.165, 1.54) is 6.92 Å². The molecule has 0 heterocycles. The molecule has 0 aromatic carbocycles. The molecule has 0 bridgehead atoms. The van der Waals surface area contributed by atoms with Gasteiger partial charge in [0, 0.05) is 0 Å². The van der Waals surface area contributed by atoms with Crippen molar-refractivity contribution in [2.24, 2.45) is 5.73 Å². The summed E-state index contributed by atoms with van der Waals surface area (Å²) in [6, 6.07) is -3.20. The third kappa shape index (κ3) is 18.7. The molecule has 0 radical (unpaired) electrons. The first-order valence-corrected chi connectivity index (χ1v) is 5.81. The van der Waals surface area contributed by atoms with Crippen molar-refractivity contribution < 1.29 is 63.9 Å². The minimum Gasteiger partial charge on any atom is -1.00 e. The van der Waals surface area contributed by atoms with E-state index < -0.39 is 49.2 Å². The molecule has 0 amide bonds. The van der Waals surface area contributed by atoms with Gasteiger partial charge in [-0.1, -0.05) is 0 Å². The van der Waals surface area contributed by atoms with Crippen LogP contribution in [0.5, 0.6) is 0 Å². The van der Waals surface area contributed by atoms with E-state index >= 15 is 0 Å². The third-order valence-corrected chi connectivity index (χ3v) is 1.87. The third-order valence-electron chi connectivity index (χ3n) is 1.87. The zero-order valence-corrected chi connectivity index (χ0v) is 12.6. The topological polar surface area (TPSA) is 117 Å². The maximum absolute atomic E-state index is 11.7. The number of carbonyl (C=O) groups is 2. The second kappa shape index (κ2) is 11.3. The van der Waals surface area contributed by atoms with E-state index in [4.69, 9.17) is 5.11 Å². The zero-order chi connectivity index (χ0) is 18.1. The molecule has 0 aliphatic rings. The van der Waals surface area contributed by atoms with Crippen molar-refractivity contribution in [3.05, 3.63) is 0 Å². The molecule has 0 aliphatic heterocycles. The molecule has 140 valence electrons. The molecular weight excluding hydrogens is 362 g/mol.